The molecule has 0 aromatic heterocycles. The Labute approximate surface area is 174 Å². The maximum atomic E-state index is 13.3. The molecule has 0 aliphatic rings. The fourth-order valence-corrected chi connectivity index (χ4v) is 3.72. The smallest absolute Gasteiger partial charge is 0.393 e. The SMILES string of the molecule is CC(C)OC(=O)C(C)NP(=O)(NCOc1ccc([N+](=O)[O-])cc1)Oc1ccccc1. The normalized spacial score (nSPS) is 13.9. The predicted octanol–water partition coefficient (Wildman–Crippen LogP) is 3.64. The van der Waals surface area contributed by atoms with Crippen LogP contribution in [0.1, 0.15) is 20.8 Å². The van der Waals surface area contributed by atoms with Gasteiger partial charge in [0.1, 0.15) is 24.3 Å². The van der Waals surface area contributed by atoms with E-state index in [1.807, 2.05) is 0 Å². The van der Waals surface area contributed by atoms with Gasteiger partial charge in [0.25, 0.3) is 5.69 Å². The monoisotopic (exact) mass is 437 g/mol. The third kappa shape index (κ3) is 7.47. The van der Waals surface area contributed by atoms with Gasteiger partial charge in [-0.05, 0) is 45.0 Å². The summed E-state index contributed by atoms with van der Waals surface area (Å²) in [6.45, 7) is 4.67. The first-order chi connectivity index (χ1) is 14.2. The lowest BCUT2D eigenvalue weighted by atomic mass is 10.3. The number of carbonyl (C=O) groups excluding carboxylic acids is 1. The highest BCUT2D eigenvalue weighted by Crippen LogP contribution is 2.39. The highest BCUT2D eigenvalue weighted by molar-refractivity contribution is 7.55. The largest absolute Gasteiger partial charge is 0.478 e. The Morgan fingerprint density at radius 3 is 2.27 bits per heavy atom. The fraction of sp³-hybridized carbons (Fsp3) is 0.316. The maximum Gasteiger partial charge on any atom is 0.393 e. The Kier molecular flexibility index (Phi) is 8.35. The Bertz CT molecular complexity index is 891. The van der Waals surface area contributed by atoms with Crippen LogP contribution in [-0.2, 0) is 14.1 Å². The van der Waals surface area contributed by atoms with Gasteiger partial charge in [0.05, 0.1) is 11.0 Å². The zero-order chi connectivity index (χ0) is 22.1. The molecule has 0 bridgehead atoms. The van der Waals surface area contributed by atoms with Gasteiger partial charge in [-0.15, -0.1) is 0 Å². The summed E-state index contributed by atoms with van der Waals surface area (Å²) in [5, 5.41) is 16.0. The van der Waals surface area contributed by atoms with Gasteiger partial charge < -0.3 is 14.0 Å². The van der Waals surface area contributed by atoms with Crippen LogP contribution in [0.2, 0.25) is 0 Å². The van der Waals surface area contributed by atoms with Crippen molar-refractivity contribution in [2.24, 2.45) is 0 Å². The van der Waals surface area contributed by atoms with Gasteiger partial charge in [-0.2, -0.15) is 5.09 Å². The van der Waals surface area contributed by atoms with Crippen LogP contribution in [0.5, 0.6) is 11.5 Å². The first-order valence-electron chi connectivity index (χ1n) is 9.14. The van der Waals surface area contributed by atoms with Crippen molar-refractivity contribution in [3.05, 3.63) is 64.7 Å². The molecule has 10 nitrogen and oxygen atoms in total. The van der Waals surface area contributed by atoms with Crippen molar-refractivity contribution in [3.8, 4) is 11.5 Å². The molecular formula is C19H24N3O7P. The van der Waals surface area contributed by atoms with Crippen molar-refractivity contribution in [1.82, 2.24) is 10.2 Å². The minimum atomic E-state index is -3.79. The average molecular weight is 437 g/mol. The third-order valence-electron chi connectivity index (χ3n) is 3.61. The summed E-state index contributed by atoms with van der Waals surface area (Å²) in [6.07, 6.45) is -0.324. The van der Waals surface area contributed by atoms with Crippen LogP contribution in [-0.4, -0.2) is 29.8 Å². The second-order valence-electron chi connectivity index (χ2n) is 6.49. The molecule has 0 amide bonds. The van der Waals surface area contributed by atoms with Crippen molar-refractivity contribution in [2.75, 3.05) is 6.73 Å². The molecule has 0 saturated heterocycles. The molecule has 2 N–H and O–H groups in total. The fourth-order valence-electron chi connectivity index (χ4n) is 2.24. The van der Waals surface area contributed by atoms with E-state index < -0.39 is 24.6 Å². The molecule has 0 heterocycles. The van der Waals surface area contributed by atoms with Crippen LogP contribution >= 0.6 is 7.67 Å². The zero-order valence-electron chi connectivity index (χ0n) is 16.8. The molecule has 0 aliphatic carbocycles. The van der Waals surface area contributed by atoms with Crippen LogP contribution in [0.4, 0.5) is 5.69 Å². The number of rotatable bonds is 11. The van der Waals surface area contributed by atoms with Gasteiger partial charge >= 0.3 is 13.6 Å². The number of hydrogen-bond acceptors (Lipinski definition) is 7. The molecule has 0 aliphatic heterocycles. The molecule has 0 fully saturated rings. The Morgan fingerprint density at radius 2 is 1.70 bits per heavy atom. The molecule has 2 aromatic carbocycles. The molecule has 11 heteroatoms. The van der Waals surface area contributed by atoms with Gasteiger partial charge in [0, 0.05) is 12.1 Å². The minimum absolute atomic E-state index is 0.0763. The second-order valence-corrected chi connectivity index (χ2v) is 8.35. The Balaban J connectivity index is 2.05. The quantitative estimate of drug-likeness (QED) is 0.178. The summed E-state index contributed by atoms with van der Waals surface area (Å²) in [6, 6.07) is 12.9. The summed E-state index contributed by atoms with van der Waals surface area (Å²) >= 11 is 0. The van der Waals surface area contributed by atoms with Crippen LogP contribution < -0.4 is 19.4 Å². The number of ether oxygens (including phenoxy) is 2. The van der Waals surface area contributed by atoms with E-state index in [0.29, 0.717) is 11.5 Å². The number of carbonyl (C=O) groups is 1. The standard InChI is InChI=1S/C19H24N3O7P/c1-14(2)28-19(23)15(3)21-30(26,29-18-7-5-4-6-8-18)20-13-27-17-11-9-16(10-12-17)22(24)25/h4-12,14-15H,13H2,1-3H3,(H2,20,21,26). The number of nitrogens with zero attached hydrogens (tertiary/aromatic N) is 1. The minimum Gasteiger partial charge on any atom is -0.478 e. The lowest BCUT2D eigenvalue weighted by Crippen LogP contribution is -2.39. The van der Waals surface area contributed by atoms with Crippen molar-refractivity contribution < 1.29 is 28.3 Å². The summed E-state index contributed by atoms with van der Waals surface area (Å²) < 4.78 is 29.4. The third-order valence-corrected chi connectivity index (χ3v) is 5.35. The van der Waals surface area contributed by atoms with E-state index in [1.54, 1.807) is 44.2 Å². The van der Waals surface area contributed by atoms with Crippen molar-refractivity contribution in [2.45, 2.75) is 32.9 Å². The predicted molar refractivity (Wildman–Crippen MR) is 110 cm³/mol. The number of para-hydroxylation sites is 1. The van der Waals surface area contributed by atoms with E-state index in [2.05, 4.69) is 10.2 Å². The van der Waals surface area contributed by atoms with Gasteiger partial charge in [-0.1, -0.05) is 18.2 Å². The van der Waals surface area contributed by atoms with Crippen molar-refractivity contribution >= 4 is 19.3 Å². The van der Waals surface area contributed by atoms with Crippen molar-refractivity contribution in [3.63, 3.8) is 0 Å². The van der Waals surface area contributed by atoms with Crippen LogP contribution in [0.25, 0.3) is 0 Å². The van der Waals surface area contributed by atoms with Gasteiger partial charge in [-0.25, -0.2) is 9.65 Å². The second kappa shape index (κ2) is 10.7. The van der Waals surface area contributed by atoms with Gasteiger partial charge in [0.15, 0.2) is 0 Å². The molecule has 30 heavy (non-hydrogen) atoms. The number of nitro groups is 1. The lowest BCUT2D eigenvalue weighted by Gasteiger charge is -2.24. The van der Waals surface area contributed by atoms with E-state index in [9.17, 15) is 19.5 Å². The average Bonchev–Trinajstić information content (AvgIpc) is 2.68. The summed E-state index contributed by atoms with van der Waals surface area (Å²) in [4.78, 5) is 22.3. The van der Waals surface area contributed by atoms with E-state index >= 15 is 0 Å². The molecular weight excluding hydrogens is 413 g/mol. The first kappa shape index (κ1) is 23.3. The van der Waals surface area contributed by atoms with E-state index in [4.69, 9.17) is 14.0 Å². The van der Waals surface area contributed by atoms with E-state index in [1.165, 1.54) is 31.2 Å². The molecule has 2 rings (SSSR count). The molecule has 2 aromatic rings. The van der Waals surface area contributed by atoms with E-state index in [0.717, 1.165) is 0 Å². The van der Waals surface area contributed by atoms with Crippen molar-refractivity contribution in [1.29, 1.82) is 0 Å². The first-order valence-corrected chi connectivity index (χ1v) is 10.8. The van der Waals surface area contributed by atoms with Gasteiger partial charge in [0.2, 0.25) is 0 Å². The molecule has 2 unspecified atom stereocenters. The number of benzene rings is 2. The molecule has 0 radical (unpaired) electrons. The summed E-state index contributed by atoms with van der Waals surface area (Å²) in [5.41, 5.74) is -0.0763. The number of esters is 1. The summed E-state index contributed by atoms with van der Waals surface area (Å²) in [5.74, 6) is 0.0622. The summed E-state index contributed by atoms with van der Waals surface area (Å²) in [7, 11) is -3.79. The Morgan fingerprint density at radius 1 is 1.07 bits per heavy atom. The van der Waals surface area contributed by atoms with Crippen LogP contribution in [0.3, 0.4) is 0 Å². The number of nitrogens with one attached hydrogen (secondary N) is 2. The lowest BCUT2D eigenvalue weighted by molar-refractivity contribution is -0.384. The number of nitro benzene ring substituents is 1. The zero-order valence-corrected chi connectivity index (χ0v) is 17.7. The number of non-ortho nitro benzene ring substituents is 1. The van der Waals surface area contributed by atoms with Crippen LogP contribution in [0.15, 0.2) is 54.6 Å². The molecule has 0 spiro atoms. The van der Waals surface area contributed by atoms with E-state index in [-0.39, 0.29) is 18.5 Å². The maximum absolute atomic E-state index is 13.3. The van der Waals surface area contributed by atoms with Gasteiger partial charge in [-0.3, -0.25) is 14.9 Å². The molecule has 0 saturated carbocycles. The number of hydrogen-bond donors (Lipinski definition) is 2. The Hall–Kier alpha value is -2.94. The molecule has 2 atom stereocenters. The topological polar surface area (TPSA) is 129 Å². The van der Waals surface area contributed by atoms with Crippen LogP contribution in [0, 0.1) is 10.1 Å². The molecule has 162 valence electrons. The highest BCUT2D eigenvalue weighted by atomic mass is 31.2. The highest BCUT2D eigenvalue weighted by Gasteiger charge is 2.30.